The monoisotopic (exact) mass is 577 g/mol. The van der Waals surface area contributed by atoms with E-state index in [4.69, 9.17) is 4.74 Å². The molecule has 0 saturated carbocycles. The maximum absolute atomic E-state index is 13.3. The summed E-state index contributed by atoms with van der Waals surface area (Å²) in [7, 11) is 3.65. The second-order valence-electron chi connectivity index (χ2n) is 9.17. The van der Waals surface area contributed by atoms with Crippen molar-refractivity contribution in [1.29, 1.82) is 0 Å². The van der Waals surface area contributed by atoms with E-state index in [1.807, 2.05) is 19.0 Å². The lowest BCUT2D eigenvalue weighted by atomic mass is 10.0. The molecule has 0 unspecified atom stereocenters. The minimum absolute atomic E-state index is 0.0953. The molecule has 0 spiro atoms. The summed E-state index contributed by atoms with van der Waals surface area (Å²) in [6, 6.07) is 2.25. The SMILES string of the molecule is C[C@@H](NC(=O)c1ncnc2c1CCC(=O)N2)c1ncc(C(=O)Nc2cc(C(F)(F)F)ccc2OCCN(C)C)s1. The Morgan fingerprint density at radius 3 is 2.67 bits per heavy atom. The van der Waals surface area contributed by atoms with Gasteiger partial charge in [0.1, 0.15) is 40.1 Å². The van der Waals surface area contributed by atoms with E-state index in [2.05, 4.69) is 30.9 Å². The van der Waals surface area contributed by atoms with Gasteiger partial charge in [0.15, 0.2) is 0 Å². The van der Waals surface area contributed by atoms with Crippen molar-refractivity contribution in [2.45, 2.75) is 32.0 Å². The number of fused-ring (bicyclic) bond motifs is 1. The van der Waals surface area contributed by atoms with Crippen LogP contribution < -0.4 is 20.7 Å². The second-order valence-corrected chi connectivity index (χ2v) is 10.2. The van der Waals surface area contributed by atoms with E-state index in [1.54, 1.807) is 6.92 Å². The third-order valence-corrected chi connectivity index (χ3v) is 7.02. The first-order chi connectivity index (χ1) is 18.9. The summed E-state index contributed by atoms with van der Waals surface area (Å²) in [5.41, 5.74) is -0.417. The molecule has 1 aliphatic rings. The number of carbonyl (C=O) groups is 3. The number of benzene rings is 1. The van der Waals surface area contributed by atoms with Crippen molar-refractivity contribution in [3.8, 4) is 5.75 Å². The van der Waals surface area contributed by atoms with Gasteiger partial charge in [-0.05, 0) is 45.6 Å². The first-order valence-electron chi connectivity index (χ1n) is 12.1. The summed E-state index contributed by atoms with van der Waals surface area (Å²) >= 11 is 0.975. The Balaban J connectivity index is 1.47. The lowest BCUT2D eigenvalue weighted by molar-refractivity contribution is -0.137. The van der Waals surface area contributed by atoms with Gasteiger partial charge in [0.2, 0.25) is 5.91 Å². The molecule has 3 N–H and O–H groups in total. The van der Waals surface area contributed by atoms with Gasteiger partial charge in [-0.25, -0.2) is 15.0 Å². The lowest BCUT2D eigenvalue weighted by Gasteiger charge is -2.18. The summed E-state index contributed by atoms with van der Waals surface area (Å²) in [6.07, 6.45) is -1.63. The number of rotatable bonds is 9. The molecule has 40 heavy (non-hydrogen) atoms. The van der Waals surface area contributed by atoms with Gasteiger partial charge in [-0.2, -0.15) is 13.2 Å². The van der Waals surface area contributed by atoms with E-state index in [-0.39, 0.29) is 46.8 Å². The fraction of sp³-hybridized carbons (Fsp3) is 0.360. The van der Waals surface area contributed by atoms with Gasteiger partial charge in [-0.1, -0.05) is 0 Å². The highest BCUT2D eigenvalue weighted by atomic mass is 32.1. The van der Waals surface area contributed by atoms with Gasteiger partial charge in [0.05, 0.1) is 23.5 Å². The zero-order valence-corrected chi connectivity index (χ0v) is 22.6. The highest BCUT2D eigenvalue weighted by Crippen LogP contribution is 2.35. The van der Waals surface area contributed by atoms with Crippen LogP contribution >= 0.6 is 11.3 Å². The molecule has 1 aliphatic heterocycles. The number of amides is 3. The number of ether oxygens (including phenoxy) is 1. The normalized spacial score (nSPS) is 13.8. The Morgan fingerprint density at radius 2 is 1.95 bits per heavy atom. The Hall–Kier alpha value is -4.11. The van der Waals surface area contributed by atoms with Gasteiger partial charge in [-0.15, -0.1) is 11.3 Å². The first-order valence-corrected chi connectivity index (χ1v) is 12.9. The average molecular weight is 578 g/mol. The van der Waals surface area contributed by atoms with Crippen LogP contribution in [0.15, 0.2) is 30.7 Å². The van der Waals surface area contributed by atoms with Crippen molar-refractivity contribution in [2.24, 2.45) is 0 Å². The number of hydrogen-bond acceptors (Lipinski definition) is 9. The maximum Gasteiger partial charge on any atom is 0.416 e. The number of hydrogen-bond donors (Lipinski definition) is 3. The summed E-state index contributed by atoms with van der Waals surface area (Å²) in [5.74, 6) is -1.00. The van der Waals surface area contributed by atoms with Gasteiger partial charge in [0, 0.05) is 18.5 Å². The minimum Gasteiger partial charge on any atom is -0.490 e. The Labute approximate surface area is 231 Å². The molecule has 3 amide bonds. The van der Waals surface area contributed by atoms with Crippen LogP contribution in [-0.4, -0.2) is 64.8 Å². The molecule has 0 aliphatic carbocycles. The van der Waals surface area contributed by atoms with Gasteiger partial charge < -0.3 is 25.6 Å². The topological polar surface area (TPSA) is 138 Å². The van der Waals surface area contributed by atoms with Gasteiger partial charge >= 0.3 is 6.18 Å². The number of nitrogens with zero attached hydrogens (tertiary/aromatic N) is 4. The van der Waals surface area contributed by atoms with E-state index < -0.39 is 29.6 Å². The Kier molecular flexibility index (Phi) is 8.64. The van der Waals surface area contributed by atoms with Crippen molar-refractivity contribution in [3.63, 3.8) is 0 Å². The van der Waals surface area contributed by atoms with Crippen LogP contribution in [0.4, 0.5) is 24.7 Å². The fourth-order valence-electron chi connectivity index (χ4n) is 3.76. The molecule has 1 aromatic carbocycles. The molecule has 0 bridgehead atoms. The third kappa shape index (κ3) is 6.90. The predicted molar refractivity (Wildman–Crippen MR) is 140 cm³/mol. The zero-order valence-electron chi connectivity index (χ0n) is 21.8. The van der Waals surface area contributed by atoms with Crippen molar-refractivity contribution in [1.82, 2.24) is 25.2 Å². The maximum atomic E-state index is 13.3. The molecule has 3 heterocycles. The second kappa shape index (κ2) is 12.0. The quantitative estimate of drug-likeness (QED) is 0.351. The lowest BCUT2D eigenvalue weighted by Crippen LogP contribution is -2.30. The van der Waals surface area contributed by atoms with Crippen LogP contribution in [0.3, 0.4) is 0 Å². The Morgan fingerprint density at radius 1 is 1.18 bits per heavy atom. The molecule has 15 heteroatoms. The predicted octanol–water partition coefficient (Wildman–Crippen LogP) is 3.52. The van der Waals surface area contributed by atoms with Gasteiger partial charge in [-0.3, -0.25) is 14.4 Å². The number of aromatic nitrogens is 3. The van der Waals surface area contributed by atoms with Crippen molar-refractivity contribution < 1.29 is 32.3 Å². The largest absolute Gasteiger partial charge is 0.490 e. The standard InChI is InChI=1S/C25H26F3N7O4S/c1-13(32-23(38)20-15-5-7-19(36)34-21(15)31-12-30-20)24-29-11-18(40-24)22(37)33-16-10-14(25(26,27)28)4-6-17(16)39-9-8-35(2)3/h4,6,10-13H,5,7-9H2,1-3H3,(H,32,38)(H,33,37)(H,30,31,34,36)/t13-/m1/s1. The number of alkyl halides is 3. The van der Waals surface area contributed by atoms with E-state index in [0.29, 0.717) is 23.5 Å². The van der Waals surface area contributed by atoms with Crippen molar-refractivity contribution in [3.05, 3.63) is 57.4 Å². The molecule has 212 valence electrons. The first kappa shape index (κ1) is 28.9. The van der Waals surface area contributed by atoms with Crippen molar-refractivity contribution in [2.75, 3.05) is 37.9 Å². The molecule has 2 aromatic heterocycles. The molecule has 4 rings (SSSR count). The number of likely N-dealkylation sites (N-methyl/N-ethyl adjacent to an activating group) is 1. The zero-order chi connectivity index (χ0) is 29.0. The van der Waals surface area contributed by atoms with Crippen molar-refractivity contribution >= 4 is 40.6 Å². The molecule has 0 radical (unpaired) electrons. The number of anilines is 2. The summed E-state index contributed by atoms with van der Waals surface area (Å²) in [4.78, 5) is 51.7. The molecule has 0 fully saturated rings. The molecule has 1 atom stereocenters. The minimum atomic E-state index is -4.61. The summed E-state index contributed by atoms with van der Waals surface area (Å²) < 4.78 is 45.6. The van der Waals surface area contributed by atoms with E-state index in [0.717, 1.165) is 23.5 Å². The fourth-order valence-corrected chi connectivity index (χ4v) is 4.57. The van der Waals surface area contributed by atoms with E-state index in [1.165, 1.54) is 18.6 Å². The average Bonchev–Trinajstić information content (AvgIpc) is 3.39. The molecular formula is C25H26F3N7O4S. The van der Waals surface area contributed by atoms with Crippen LogP contribution in [0, 0.1) is 0 Å². The van der Waals surface area contributed by atoms with Crippen LogP contribution in [0.25, 0.3) is 0 Å². The molecular weight excluding hydrogens is 551 g/mol. The van der Waals surface area contributed by atoms with Crippen LogP contribution in [0.2, 0.25) is 0 Å². The van der Waals surface area contributed by atoms with E-state index >= 15 is 0 Å². The van der Waals surface area contributed by atoms with Gasteiger partial charge in [0.25, 0.3) is 11.8 Å². The van der Waals surface area contributed by atoms with Crippen LogP contribution in [0.5, 0.6) is 5.75 Å². The number of thiazole rings is 1. The smallest absolute Gasteiger partial charge is 0.416 e. The molecule has 11 nitrogen and oxygen atoms in total. The highest BCUT2D eigenvalue weighted by Gasteiger charge is 2.32. The third-order valence-electron chi connectivity index (χ3n) is 5.84. The van der Waals surface area contributed by atoms with E-state index in [9.17, 15) is 27.6 Å². The summed E-state index contributed by atoms with van der Waals surface area (Å²) in [6.45, 7) is 2.38. The van der Waals surface area contributed by atoms with Crippen LogP contribution in [0.1, 0.15) is 55.7 Å². The molecule has 0 saturated heterocycles. The highest BCUT2D eigenvalue weighted by molar-refractivity contribution is 7.13. The number of carbonyl (C=O) groups excluding carboxylic acids is 3. The summed E-state index contributed by atoms with van der Waals surface area (Å²) in [5, 5.41) is 8.25. The Bertz CT molecular complexity index is 1430. The molecule has 3 aromatic rings. The van der Waals surface area contributed by atoms with Crippen LogP contribution in [-0.2, 0) is 17.4 Å². The number of nitrogens with one attached hydrogen (secondary N) is 3. The number of halogens is 3.